The van der Waals surface area contributed by atoms with Crippen molar-refractivity contribution in [2.24, 2.45) is 5.10 Å². The molecular weight excluding hydrogens is 351 g/mol. The van der Waals surface area contributed by atoms with E-state index in [4.69, 9.17) is 25.8 Å². The van der Waals surface area contributed by atoms with Crippen LogP contribution in [0.4, 0.5) is 4.39 Å². The number of rotatable bonds is 5. The Morgan fingerprint density at radius 2 is 2.04 bits per heavy atom. The Balaban J connectivity index is 1.53. The predicted molar refractivity (Wildman–Crippen MR) is 90.1 cm³/mol. The van der Waals surface area contributed by atoms with Crippen LogP contribution in [0.1, 0.15) is 5.56 Å². The molecule has 1 heterocycles. The topological polar surface area (TPSA) is 69.2 Å². The zero-order valence-corrected chi connectivity index (χ0v) is 13.8. The Kier molecular flexibility index (Phi) is 5.35. The number of hydrazone groups is 1. The first kappa shape index (κ1) is 17.0. The van der Waals surface area contributed by atoms with Gasteiger partial charge in [-0.1, -0.05) is 11.6 Å². The predicted octanol–water partition coefficient (Wildman–Crippen LogP) is 2.78. The van der Waals surface area contributed by atoms with Gasteiger partial charge < -0.3 is 14.2 Å². The highest BCUT2D eigenvalue weighted by Gasteiger charge is 2.16. The van der Waals surface area contributed by atoms with Crippen LogP contribution in [0.5, 0.6) is 17.2 Å². The van der Waals surface area contributed by atoms with Crippen LogP contribution in [0.3, 0.4) is 0 Å². The van der Waals surface area contributed by atoms with Crippen LogP contribution in [-0.2, 0) is 4.79 Å². The van der Waals surface area contributed by atoms with E-state index in [1.165, 1.54) is 30.5 Å². The molecular formula is C17H14ClFN2O4. The molecule has 0 aromatic heterocycles. The Morgan fingerprint density at radius 1 is 1.28 bits per heavy atom. The SMILES string of the molecule is O=C(COc1ccc(F)cc1)N/N=C\c1cc(Cl)c2c(c1)OCCO2. The second kappa shape index (κ2) is 7.85. The summed E-state index contributed by atoms with van der Waals surface area (Å²) in [5.41, 5.74) is 2.98. The largest absolute Gasteiger partial charge is 0.486 e. The van der Waals surface area contributed by atoms with Crippen LogP contribution in [0, 0.1) is 5.82 Å². The van der Waals surface area contributed by atoms with Crippen molar-refractivity contribution in [2.45, 2.75) is 0 Å². The molecule has 0 saturated heterocycles. The Hall–Kier alpha value is -2.80. The van der Waals surface area contributed by atoms with Crippen molar-refractivity contribution in [1.29, 1.82) is 0 Å². The first-order valence-corrected chi connectivity index (χ1v) is 7.79. The number of ether oxygens (including phenoxy) is 3. The van der Waals surface area contributed by atoms with E-state index in [0.29, 0.717) is 41.0 Å². The van der Waals surface area contributed by atoms with Crippen LogP contribution < -0.4 is 19.6 Å². The fourth-order valence-corrected chi connectivity index (χ4v) is 2.37. The summed E-state index contributed by atoms with van der Waals surface area (Å²) in [6, 6.07) is 8.73. The third kappa shape index (κ3) is 4.60. The maximum absolute atomic E-state index is 12.8. The molecule has 2 aromatic rings. The normalized spacial score (nSPS) is 12.9. The van der Waals surface area contributed by atoms with Crippen molar-refractivity contribution in [3.8, 4) is 17.2 Å². The van der Waals surface area contributed by atoms with Gasteiger partial charge in [0, 0.05) is 0 Å². The molecule has 25 heavy (non-hydrogen) atoms. The number of carbonyl (C=O) groups is 1. The smallest absolute Gasteiger partial charge is 0.277 e. The minimum atomic E-state index is -0.454. The summed E-state index contributed by atoms with van der Waals surface area (Å²) in [4.78, 5) is 11.7. The summed E-state index contributed by atoms with van der Waals surface area (Å²) >= 11 is 6.12. The lowest BCUT2D eigenvalue weighted by Gasteiger charge is -2.19. The summed E-state index contributed by atoms with van der Waals surface area (Å²) in [6.45, 7) is 0.649. The first-order chi connectivity index (χ1) is 12.1. The number of nitrogens with one attached hydrogen (secondary N) is 1. The van der Waals surface area contributed by atoms with E-state index in [1.807, 2.05) is 0 Å². The fourth-order valence-electron chi connectivity index (χ4n) is 2.10. The Bertz CT molecular complexity index is 796. The fraction of sp³-hybridized carbons (Fsp3) is 0.176. The molecule has 1 N–H and O–H groups in total. The molecule has 8 heteroatoms. The second-order valence-electron chi connectivity index (χ2n) is 5.06. The number of benzene rings is 2. The summed E-state index contributed by atoms with van der Waals surface area (Å²) in [5.74, 6) is 0.593. The quantitative estimate of drug-likeness (QED) is 0.654. The molecule has 0 unspecified atom stereocenters. The molecule has 0 bridgehead atoms. The van der Waals surface area contributed by atoms with Crippen LogP contribution in [0.15, 0.2) is 41.5 Å². The van der Waals surface area contributed by atoms with E-state index in [-0.39, 0.29) is 12.4 Å². The molecule has 130 valence electrons. The van der Waals surface area contributed by atoms with Crippen molar-refractivity contribution in [3.05, 3.63) is 52.8 Å². The number of amides is 1. The van der Waals surface area contributed by atoms with Crippen molar-refractivity contribution < 1.29 is 23.4 Å². The van der Waals surface area contributed by atoms with Gasteiger partial charge in [-0.15, -0.1) is 0 Å². The highest BCUT2D eigenvalue weighted by molar-refractivity contribution is 6.32. The molecule has 2 aromatic carbocycles. The molecule has 0 aliphatic carbocycles. The van der Waals surface area contributed by atoms with Crippen LogP contribution in [-0.4, -0.2) is 31.9 Å². The number of hydrogen-bond donors (Lipinski definition) is 1. The lowest BCUT2D eigenvalue weighted by atomic mass is 10.2. The maximum atomic E-state index is 12.8. The Labute approximate surface area is 148 Å². The van der Waals surface area contributed by atoms with Crippen molar-refractivity contribution >= 4 is 23.7 Å². The van der Waals surface area contributed by atoms with E-state index < -0.39 is 5.91 Å². The minimum absolute atomic E-state index is 0.245. The number of carbonyl (C=O) groups excluding carboxylic acids is 1. The molecule has 0 atom stereocenters. The average molecular weight is 365 g/mol. The van der Waals surface area contributed by atoms with Gasteiger partial charge in [0.15, 0.2) is 18.1 Å². The van der Waals surface area contributed by atoms with Gasteiger partial charge in [0.2, 0.25) is 0 Å². The monoisotopic (exact) mass is 364 g/mol. The van der Waals surface area contributed by atoms with Gasteiger partial charge in [0.1, 0.15) is 24.8 Å². The van der Waals surface area contributed by atoms with E-state index in [0.717, 1.165) is 0 Å². The Morgan fingerprint density at radius 3 is 2.84 bits per heavy atom. The molecule has 1 amide bonds. The molecule has 0 spiro atoms. The number of hydrogen-bond acceptors (Lipinski definition) is 5. The zero-order valence-electron chi connectivity index (χ0n) is 13.0. The van der Waals surface area contributed by atoms with Crippen molar-refractivity contribution in [2.75, 3.05) is 19.8 Å². The van der Waals surface area contributed by atoms with E-state index in [1.54, 1.807) is 12.1 Å². The lowest BCUT2D eigenvalue weighted by molar-refractivity contribution is -0.123. The molecule has 6 nitrogen and oxygen atoms in total. The zero-order chi connectivity index (χ0) is 17.6. The second-order valence-corrected chi connectivity index (χ2v) is 5.47. The van der Waals surface area contributed by atoms with Crippen LogP contribution in [0.2, 0.25) is 5.02 Å². The van der Waals surface area contributed by atoms with E-state index in [9.17, 15) is 9.18 Å². The number of fused-ring (bicyclic) bond motifs is 1. The van der Waals surface area contributed by atoms with Gasteiger partial charge in [-0.05, 0) is 42.0 Å². The lowest BCUT2D eigenvalue weighted by Crippen LogP contribution is -2.24. The number of nitrogens with zero attached hydrogens (tertiary/aromatic N) is 1. The summed E-state index contributed by atoms with van der Waals surface area (Å²) in [6.07, 6.45) is 1.43. The van der Waals surface area contributed by atoms with Gasteiger partial charge in [0.25, 0.3) is 5.91 Å². The van der Waals surface area contributed by atoms with E-state index >= 15 is 0 Å². The minimum Gasteiger partial charge on any atom is -0.486 e. The molecule has 1 aliphatic heterocycles. The van der Waals surface area contributed by atoms with E-state index in [2.05, 4.69) is 10.5 Å². The molecule has 0 fully saturated rings. The highest BCUT2D eigenvalue weighted by atomic mass is 35.5. The van der Waals surface area contributed by atoms with Gasteiger partial charge >= 0.3 is 0 Å². The van der Waals surface area contributed by atoms with Gasteiger partial charge in [-0.25, -0.2) is 9.82 Å². The van der Waals surface area contributed by atoms with Gasteiger partial charge in [0.05, 0.1) is 11.2 Å². The summed E-state index contributed by atoms with van der Waals surface area (Å²) < 4.78 is 28.9. The summed E-state index contributed by atoms with van der Waals surface area (Å²) in [7, 11) is 0. The average Bonchev–Trinajstić information content (AvgIpc) is 2.61. The molecule has 0 saturated carbocycles. The molecule has 0 radical (unpaired) electrons. The molecule has 1 aliphatic rings. The third-order valence-electron chi connectivity index (χ3n) is 3.21. The highest BCUT2D eigenvalue weighted by Crippen LogP contribution is 2.37. The summed E-state index contributed by atoms with van der Waals surface area (Å²) in [5, 5.41) is 4.25. The van der Waals surface area contributed by atoms with Crippen molar-refractivity contribution in [1.82, 2.24) is 5.43 Å². The van der Waals surface area contributed by atoms with Crippen LogP contribution >= 0.6 is 11.6 Å². The maximum Gasteiger partial charge on any atom is 0.277 e. The standard InChI is InChI=1S/C17H14ClFN2O4/c18-14-7-11(8-15-17(14)24-6-5-23-15)9-20-21-16(22)10-25-13-3-1-12(19)2-4-13/h1-4,7-9H,5-6,10H2,(H,21,22)/b20-9-. The van der Waals surface area contributed by atoms with Crippen molar-refractivity contribution in [3.63, 3.8) is 0 Å². The first-order valence-electron chi connectivity index (χ1n) is 7.41. The van der Waals surface area contributed by atoms with Gasteiger partial charge in [-0.3, -0.25) is 4.79 Å². The third-order valence-corrected chi connectivity index (χ3v) is 3.49. The van der Waals surface area contributed by atoms with Crippen LogP contribution in [0.25, 0.3) is 0 Å². The molecule has 3 rings (SSSR count). The number of halogens is 2. The van der Waals surface area contributed by atoms with Gasteiger partial charge in [-0.2, -0.15) is 5.10 Å².